The number of halogens is 1. The second kappa shape index (κ2) is 7.23. The number of rotatable bonds is 6. The lowest BCUT2D eigenvalue weighted by Gasteiger charge is -2.13. The van der Waals surface area contributed by atoms with Crippen LogP contribution in [0, 0.1) is 0 Å². The highest BCUT2D eigenvalue weighted by atomic mass is 35.5. The molecule has 112 valence electrons. The van der Waals surface area contributed by atoms with Crippen LogP contribution in [-0.4, -0.2) is 21.3 Å². The molecule has 3 nitrogen and oxygen atoms in total. The number of ether oxygens (including phenoxy) is 3. The molecule has 0 bridgehead atoms. The second-order valence-electron chi connectivity index (χ2n) is 4.67. The molecule has 0 amide bonds. The summed E-state index contributed by atoms with van der Waals surface area (Å²) in [5, 5.41) is -0.151. The van der Waals surface area contributed by atoms with Gasteiger partial charge in [0.2, 0.25) is 0 Å². The molecule has 2 aromatic rings. The van der Waals surface area contributed by atoms with E-state index >= 15 is 0 Å². The summed E-state index contributed by atoms with van der Waals surface area (Å²) in [7, 11) is 4.92. The number of hydrogen-bond donors (Lipinski definition) is 0. The van der Waals surface area contributed by atoms with Crippen molar-refractivity contribution in [2.75, 3.05) is 21.3 Å². The van der Waals surface area contributed by atoms with Crippen LogP contribution >= 0.6 is 11.6 Å². The molecule has 0 spiro atoms. The van der Waals surface area contributed by atoms with Crippen molar-refractivity contribution in [2.24, 2.45) is 0 Å². The highest BCUT2D eigenvalue weighted by Gasteiger charge is 2.12. The molecule has 4 heteroatoms. The van der Waals surface area contributed by atoms with E-state index in [1.807, 2.05) is 42.5 Å². The topological polar surface area (TPSA) is 27.7 Å². The average Bonchev–Trinajstić information content (AvgIpc) is 2.54. The quantitative estimate of drug-likeness (QED) is 0.747. The minimum absolute atomic E-state index is 0.151. The van der Waals surface area contributed by atoms with Gasteiger partial charge in [0.25, 0.3) is 0 Å². The summed E-state index contributed by atoms with van der Waals surface area (Å²) in [6.07, 6.45) is 0.724. The number of alkyl halides is 1. The van der Waals surface area contributed by atoms with Crippen molar-refractivity contribution in [3.8, 4) is 17.2 Å². The van der Waals surface area contributed by atoms with Crippen molar-refractivity contribution in [1.29, 1.82) is 0 Å². The smallest absolute Gasteiger partial charge is 0.122 e. The minimum Gasteiger partial charge on any atom is -0.497 e. The van der Waals surface area contributed by atoms with Crippen molar-refractivity contribution < 1.29 is 14.2 Å². The third kappa shape index (κ3) is 4.05. The largest absolute Gasteiger partial charge is 0.497 e. The second-order valence-corrected chi connectivity index (χ2v) is 5.19. The Hall–Kier alpha value is -1.87. The minimum atomic E-state index is -0.151. The van der Waals surface area contributed by atoms with E-state index in [9.17, 15) is 0 Å². The molecule has 0 saturated heterocycles. The zero-order valence-electron chi connectivity index (χ0n) is 12.4. The standard InChI is InChI=1S/C17H19ClO3/c1-19-14-6-4-12(5-7-14)8-17(18)13-9-15(20-2)11-16(10-13)21-3/h4-7,9-11,17H,8H2,1-3H3. The van der Waals surface area contributed by atoms with Crippen LogP contribution in [0.5, 0.6) is 17.2 Å². The molecule has 2 rings (SSSR count). The molecule has 0 radical (unpaired) electrons. The van der Waals surface area contributed by atoms with E-state index in [4.69, 9.17) is 25.8 Å². The summed E-state index contributed by atoms with van der Waals surface area (Å²) in [6, 6.07) is 13.6. The summed E-state index contributed by atoms with van der Waals surface area (Å²) in [6.45, 7) is 0. The maximum atomic E-state index is 6.53. The van der Waals surface area contributed by atoms with Crippen molar-refractivity contribution in [3.05, 3.63) is 53.6 Å². The summed E-state index contributed by atoms with van der Waals surface area (Å²) in [5.41, 5.74) is 2.13. The highest BCUT2D eigenvalue weighted by molar-refractivity contribution is 6.21. The Morgan fingerprint density at radius 3 is 1.81 bits per heavy atom. The maximum Gasteiger partial charge on any atom is 0.122 e. The Kier molecular flexibility index (Phi) is 5.34. The van der Waals surface area contributed by atoms with E-state index < -0.39 is 0 Å². The van der Waals surface area contributed by atoms with Crippen LogP contribution in [-0.2, 0) is 6.42 Å². The fourth-order valence-electron chi connectivity index (χ4n) is 2.10. The molecule has 0 N–H and O–H groups in total. The Balaban J connectivity index is 2.16. The van der Waals surface area contributed by atoms with Crippen LogP contribution in [0.4, 0.5) is 0 Å². The highest BCUT2D eigenvalue weighted by Crippen LogP contribution is 2.32. The van der Waals surface area contributed by atoms with Crippen molar-refractivity contribution in [2.45, 2.75) is 11.8 Å². The van der Waals surface area contributed by atoms with Crippen molar-refractivity contribution >= 4 is 11.6 Å². The normalized spacial score (nSPS) is 11.8. The summed E-state index contributed by atoms with van der Waals surface area (Å²) >= 11 is 6.53. The molecule has 0 aromatic heterocycles. The Morgan fingerprint density at radius 1 is 0.810 bits per heavy atom. The molecule has 0 aliphatic carbocycles. The Bertz CT molecular complexity index is 559. The lowest BCUT2D eigenvalue weighted by molar-refractivity contribution is 0.393. The summed E-state index contributed by atoms with van der Waals surface area (Å²) < 4.78 is 15.7. The lowest BCUT2D eigenvalue weighted by Crippen LogP contribution is -1.98. The third-order valence-corrected chi connectivity index (χ3v) is 3.72. The van der Waals surface area contributed by atoms with Crippen molar-refractivity contribution in [3.63, 3.8) is 0 Å². The molecule has 0 saturated carbocycles. The van der Waals surface area contributed by atoms with Gasteiger partial charge in [0.1, 0.15) is 17.2 Å². The maximum absolute atomic E-state index is 6.53. The molecule has 0 aliphatic rings. The van der Waals surface area contributed by atoms with E-state index in [-0.39, 0.29) is 5.38 Å². The van der Waals surface area contributed by atoms with Gasteiger partial charge < -0.3 is 14.2 Å². The summed E-state index contributed by atoms with van der Waals surface area (Å²) in [4.78, 5) is 0. The first kappa shape index (κ1) is 15.5. The van der Waals surface area contributed by atoms with E-state index in [1.165, 1.54) is 0 Å². The average molecular weight is 307 g/mol. The molecule has 21 heavy (non-hydrogen) atoms. The number of benzene rings is 2. The Labute approximate surface area is 130 Å². The molecule has 1 unspecified atom stereocenters. The molecular formula is C17H19ClO3. The number of hydrogen-bond acceptors (Lipinski definition) is 3. The fraction of sp³-hybridized carbons (Fsp3) is 0.294. The van der Waals surface area contributed by atoms with Crippen LogP contribution in [0.15, 0.2) is 42.5 Å². The summed E-state index contributed by atoms with van der Waals surface area (Å²) in [5.74, 6) is 2.32. The molecule has 1 atom stereocenters. The molecule has 0 fully saturated rings. The third-order valence-electron chi connectivity index (χ3n) is 3.31. The van der Waals surface area contributed by atoms with Gasteiger partial charge in [0, 0.05) is 6.07 Å². The lowest BCUT2D eigenvalue weighted by atomic mass is 10.0. The number of methoxy groups -OCH3 is 3. The predicted octanol–water partition coefficient (Wildman–Crippen LogP) is 4.24. The van der Waals surface area contributed by atoms with Crippen molar-refractivity contribution in [1.82, 2.24) is 0 Å². The molecule has 0 aliphatic heterocycles. The molecular weight excluding hydrogens is 288 g/mol. The van der Waals surface area contributed by atoms with Gasteiger partial charge in [-0.1, -0.05) is 12.1 Å². The SMILES string of the molecule is COc1ccc(CC(Cl)c2cc(OC)cc(OC)c2)cc1. The molecule has 0 heterocycles. The van der Waals surface area contributed by atoms with Crippen LogP contribution in [0.1, 0.15) is 16.5 Å². The van der Waals surface area contributed by atoms with Gasteiger partial charge >= 0.3 is 0 Å². The zero-order valence-corrected chi connectivity index (χ0v) is 13.2. The monoisotopic (exact) mass is 306 g/mol. The Morgan fingerprint density at radius 2 is 1.33 bits per heavy atom. The van der Waals surface area contributed by atoms with Gasteiger partial charge in [-0.05, 0) is 41.8 Å². The molecule has 2 aromatic carbocycles. The first-order valence-corrected chi connectivity index (χ1v) is 7.10. The first-order valence-electron chi connectivity index (χ1n) is 6.66. The van der Waals surface area contributed by atoms with Gasteiger partial charge in [0.05, 0.1) is 26.7 Å². The van der Waals surface area contributed by atoms with E-state index in [1.54, 1.807) is 21.3 Å². The van der Waals surface area contributed by atoms with E-state index in [0.717, 1.165) is 34.8 Å². The van der Waals surface area contributed by atoms with Crippen LogP contribution < -0.4 is 14.2 Å². The van der Waals surface area contributed by atoms with Crippen LogP contribution in [0.2, 0.25) is 0 Å². The van der Waals surface area contributed by atoms with Gasteiger partial charge in [0.15, 0.2) is 0 Å². The van der Waals surface area contributed by atoms with Gasteiger partial charge in [-0.2, -0.15) is 0 Å². The predicted molar refractivity (Wildman–Crippen MR) is 84.8 cm³/mol. The van der Waals surface area contributed by atoms with E-state index in [2.05, 4.69) is 0 Å². The zero-order chi connectivity index (χ0) is 15.2. The van der Waals surface area contributed by atoms with Crippen LogP contribution in [0.25, 0.3) is 0 Å². The van der Waals surface area contributed by atoms with Gasteiger partial charge in [-0.25, -0.2) is 0 Å². The van der Waals surface area contributed by atoms with Gasteiger partial charge in [-0.3, -0.25) is 0 Å². The first-order chi connectivity index (χ1) is 10.2. The van der Waals surface area contributed by atoms with Gasteiger partial charge in [-0.15, -0.1) is 11.6 Å². The van der Waals surface area contributed by atoms with E-state index in [0.29, 0.717) is 0 Å². The van der Waals surface area contributed by atoms with Crippen LogP contribution in [0.3, 0.4) is 0 Å². The fourth-order valence-corrected chi connectivity index (χ4v) is 2.40.